The average molecular weight is 319 g/mol. The van der Waals surface area contributed by atoms with E-state index < -0.39 is 0 Å². The maximum atomic E-state index is 13.0. The Morgan fingerprint density at radius 2 is 1.70 bits per heavy atom. The fraction of sp³-hybridized carbons (Fsp3) is 0.500. The molecule has 7 heteroatoms. The Bertz CT molecular complexity index is 641. The molecule has 2 aromatic rings. The first-order valence-electron chi connectivity index (χ1n) is 7.72. The predicted octanol–water partition coefficient (Wildman–Crippen LogP) is 2.56. The fourth-order valence-electron chi connectivity index (χ4n) is 2.25. The van der Waals surface area contributed by atoms with Crippen LogP contribution in [0.2, 0.25) is 0 Å². The topological polar surface area (TPSA) is 63.9 Å². The molecular weight excluding hydrogens is 297 g/mol. The van der Waals surface area contributed by atoms with E-state index in [0.29, 0.717) is 30.6 Å². The minimum Gasteiger partial charge on any atom is -0.335 e. The van der Waals surface area contributed by atoms with Gasteiger partial charge in [-0.05, 0) is 41.3 Å². The number of benzene rings is 1. The Labute approximate surface area is 135 Å². The Hall–Kier alpha value is -2.31. The van der Waals surface area contributed by atoms with Crippen LogP contribution in [-0.2, 0) is 0 Å². The van der Waals surface area contributed by atoms with E-state index in [0.717, 1.165) is 0 Å². The molecule has 0 saturated carbocycles. The van der Waals surface area contributed by atoms with E-state index in [1.54, 1.807) is 4.90 Å². The van der Waals surface area contributed by atoms with E-state index in [2.05, 4.69) is 43.1 Å². The molecule has 23 heavy (non-hydrogen) atoms. The zero-order valence-corrected chi connectivity index (χ0v) is 13.9. The SMILES string of the molecule is CC(C)CN(CC(C)C)C(=O)c1nnn(-c2ccc(F)cc2)n1. The number of hydrogen-bond donors (Lipinski definition) is 0. The number of carbonyl (C=O) groups is 1. The van der Waals surface area contributed by atoms with E-state index >= 15 is 0 Å². The van der Waals surface area contributed by atoms with Gasteiger partial charge < -0.3 is 4.90 Å². The fourth-order valence-corrected chi connectivity index (χ4v) is 2.25. The van der Waals surface area contributed by atoms with Crippen molar-refractivity contribution in [3.05, 3.63) is 35.9 Å². The molecule has 0 fully saturated rings. The largest absolute Gasteiger partial charge is 0.335 e. The van der Waals surface area contributed by atoms with Crippen LogP contribution in [0, 0.1) is 17.7 Å². The van der Waals surface area contributed by atoms with E-state index in [1.165, 1.54) is 29.1 Å². The second-order valence-electron chi connectivity index (χ2n) is 6.38. The molecule has 6 nitrogen and oxygen atoms in total. The Morgan fingerprint density at radius 1 is 1.13 bits per heavy atom. The van der Waals surface area contributed by atoms with Crippen LogP contribution in [0.3, 0.4) is 0 Å². The third-order valence-corrected chi connectivity index (χ3v) is 3.12. The molecule has 1 heterocycles. The van der Waals surface area contributed by atoms with E-state index in [-0.39, 0.29) is 17.5 Å². The van der Waals surface area contributed by atoms with Gasteiger partial charge in [-0.1, -0.05) is 27.7 Å². The molecule has 0 bridgehead atoms. The number of hydrogen-bond acceptors (Lipinski definition) is 4. The van der Waals surface area contributed by atoms with Gasteiger partial charge in [0.1, 0.15) is 5.82 Å². The molecular formula is C16H22FN5O. The molecule has 0 radical (unpaired) electrons. The highest BCUT2D eigenvalue weighted by molar-refractivity contribution is 5.90. The molecule has 0 unspecified atom stereocenters. The molecule has 0 aliphatic carbocycles. The van der Waals surface area contributed by atoms with Crippen molar-refractivity contribution in [1.82, 2.24) is 25.1 Å². The number of rotatable bonds is 6. The van der Waals surface area contributed by atoms with Crippen molar-refractivity contribution >= 4 is 5.91 Å². The van der Waals surface area contributed by atoms with E-state index in [1.807, 2.05) is 0 Å². The highest BCUT2D eigenvalue weighted by atomic mass is 19.1. The van der Waals surface area contributed by atoms with Crippen LogP contribution in [0.5, 0.6) is 0 Å². The summed E-state index contributed by atoms with van der Waals surface area (Å²) < 4.78 is 13.0. The highest BCUT2D eigenvalue weighted by Crippen LogP contribution is 2.09. The monoisotopic (exact) mass is 319 g/mol. The number of halogens is 1. The van der Waals surface area contributed by atoms with Gasteiger partial charge in [0, 0.05) is 13.1 Å². The van der Waals surface area contributed by atoms with Crippen LogP contribution in [0.25, 0.3) is 5.69 Å². The third kappa shape index (κ3) is 4.58. The van der Waals surface area contributed by atoms with Crippen molar-refractivity contribution in [2.75, 3.05) is 13.1 Å². The summed E-state index contributed by atoms with van der Waals surface area (Å²) in [7, 11) is 0. The molecule has 0 spiro atoms. The first-order chi connectivity index (χ1) is 10.9. The van der Waals surface area contributed by atoms with Gasteiger partial charge in [-0.2, -0.15) is 0 Å². The van der Waals surface area contributed by atoms with Gasteiger partial charge in [0.25, 0.3) is 11.7 Å². The summed E-state index contributed by atoms with van der Waals surface area (Å²) >= 11 is 0. The van der Waals surface area contributed by atoms with Crippen LogP contribution in [0.15, 0.2) is 24.3 Å². The molecule has 0 atom stereocenters. The van der Waals surface area contributed by atoms with Crippen molar-refractivity contribution < 1.29 is 9.18 Å². The molecule has 0 saturated heterocycles. The zero-order chi connectivity index (χ0) is 17.0. The molecule has 0 aliphatic heterocycles. The third-order valence-electron chi connectivity index (χ3n) is 3.12. The molecule has 1 amide bonds. The molecule has 2 rings (SSSR count). The van der Waals surface area contributed by atoms with Crippen molar-refractivity contribution in [2.45, 2.75) is 27.7 Å². The lowest BCUT2D eigenvalue weighted by atomic mass is 10.1. The summed E-state index contributed by atoms with van der Waals surface area (Å²) in [6.07, 6.45) is 0. The summed E-state index contributed by atoms with van der Waals surface area (Å²) in [6, 6.07) is 5.69. The zero-order valence-electron chi connectivity index (χ0n) is 13.9. The maximum absolute atomic E-state index is 13.0. The van der Waals surface area contributed by atoms with Crippen molar-refractivity contribution in [3.8, 4) is 5.69 Å². The quantitative estimate of drug-likeness (QED) is 0.821. The summed E-state index contributed by atoms with van der Waals surface area (Å²) in [5.41, 5.74) is 0.553. The Kier molecular flexibility index (Phi) is 5.41. The Morgan fingerprint density at radius 3 is 2.22 bits per heavy atom. The molecule has 124 valence electrons. The van der Waals surface area contributed by atoms with Gasteiger partial charge in [0.2, 0.25) is 0 Å². The van der Waals surface area contributed by atoms with Gasteiger partial charge in [-0.15, -0.1) is 15.0 Å². The van der Waals surface area contributed by atoms with Gasteiger partial charge in [0.05, 0.1) is 5.69 Å². The molecule has 0 aliphatic rings. The van der Waals surface area contributed by atoms with Crippen LogP contribution in [-0.4, -0.2) is 44.1 Å². The minimum absolute atomic E-state index is 0.0515. The van der Waals surface area contributed by atoms with Gasteiger partial charge in [-0.3, -0.25) is 4.79 Å². The lowest BCUT2D eigenvalue weighted by Gasteiger charge is -2.24. The smallest absolute Gasteiger partial charge is 0.295 e. The minimum atomic E-state index is -0.342. The predicted molar refractivity (Wildman–Crippen MR) is 84.7 cm³/mol. The number of aromatic nitrogens is 4. The standard InChI is InChI=1S/C16H22FN5O/c1-11(2)9-21(10-12(3)4)16(23)15-18-20-22(19-15)14-7-5-13(17)6-8-14/h5-8,11-12H,9-10H2,1-4H3. The van der Waals surface area contributed by atoms with Crippen molar-refractivity contribution in [3.63, 3.8) is 0 Å². The summed E-state index contributed by atoms with van der Waals surface area (Å²) in [5, 5.41) is 11.9. The maximum Gasteiger partial charge on any atom is 0.295 e. The lowest BCUT2D eigenvalue weighted by Crippen LogP contribution is -2.37. The van der Waals surface area contributed by atoms with Crippen LogP contribution in [0.4, 0.5) is 4.39 Å². The number of carbonyl (C=O) groups excluding carboxylic acids is 1. The number of tetrazole rings is 1. The van der Waals surface area contributed by atoms with Crippen molar-refractivity contribution in [1.29, 1.82) is 0 Å². The molecule has 1 aromatic carbocycles. The van der Waals surface area contributed by atoms with Crippen LogP contribution in [0.1, 0.15) is 38.3 Å². The summed E-state index contributed by atoms with van der Waals surface area (Å²) in [5.74, 6) is 0.177. The first-order valence-corrected chi connectivity index (χ1v) is 7.72. The van der Waals surface area contributed by atoms with Gasteiger partial charge >= 0.3 is 0 Å². The second-order valence-corrected chi connectivity index (χ2v) is 6.38. The lowest BCUT2D eigenvalue weighted by molar-refractivity contribution is 0.0702. The van der Waals surface area contributed by atoms with E-state index in [9.17, 15) is 9.18 Å². The second kappa shape index (κ2) is 7.30. The number of amides is 1. The molecule has 0 N–H and O–H groups in total. The summed E-state index contributed by atoms with van der Waals surface area (Å²) in [6.45, 7) is 9.52. The van der Waals surface area contributed by atoms with Gasteiger partial charge in [0.15, 0.2) is 0 Å². The first kappa shape index (κ1) is 17.1. The number of nitrogens with zero attached hydrogens (tertiary/aromatic N) is 5. The van der Waals surface area contributed by atoms with Crippen molar-refractivity contribution in [2.24, 2.45) is 11.8 Å². The summed E-state index contributed by atoms with van der Waals surface area (Å²) in [4.78, 5) is 15.6. The van der Waals surface area contributed by atoms with E-state index in [4.69, 9.17) is 0 Å². The van der Waals surface area contributed by atoms with Crippen LogP contribution < -0.4 is 0 Å². The highest BCUT2D eigenvalue weighted by Gasteiger charge is 2.22. The molecule has 1 aromatic heterocycles. The average Bonchev–Trinajstić information content (AvgIpc) is 2.95. The van der Waals surface area contributed by atoms with Crippen LogP contribution >= 0.6 is 0 Å². The normalized spacial score (nSPS) is 11.3. The van der Waals surface area contributed by atoms with Gasteiger partial charge in [-0.25, -0.2) is 4.39 Å². The Balaban J connectivity index is 2.19.